The maximum absolute atomic E-state index is 5.43. The van der Waals surface area contributed by atoms with Gasteiger partial charge in [-0.1, -0.05) is 6.92 Å². The second kappa shape index (κ2) is 4.55. The van der Waals surface area contributed by atoms with Crippen molar-refractivity contribution < 1.29 is 4.42 Å². The van der Waals surface area contributed by atoms with Crippen LogP contribution in [0.25, 0.3) is 0 Å². The zero-order valence-electron chi connectivity index (χ0n) is 9.42. The number of nitrogens with zero attached hydrogens (tertiary/aromatic N) is 2. The van der Waals surface area contributed by atoms with Gasteiger partial charge in [0.15, 0.2) is 0 Å². The number of nitrogens with one attached hydrogen (secondary N) is 1. The molecule has 1 N–H and O–H groups in total. The van der Waals surface area contributed by atoms with Crippen molar-refractivity contribution in [3.05, 3.63) is 11.8 Å². The molecule has 1 aromatic heterocycles. The fourth-order valence-electron chi connectivity index (χ4n) is 1.02. The molecule has 4 nitrogen and oxygen atoms in total. The lowest BCUT2D eigenvalue weighted by Gasteiger charge is -2.18. The maximum atomic E-state index is 5.43. The van der Waals surface area contributed by atoms with Gasteiger partial charge in [-0.3, -0.25) is 0 Å². The molecule has 0 aliphatic heterocycles. The molecule has 0 radical (unpaired) electrons. The highest BCUT2D eigenvalue weighted by Gasteiger charge is 2.11. The van der Waals surface area contributed by atoms with Crippen LogP contribution in [0.2, 0.25) is 0 Å². The SMILES string of the molecule is CCCc1nnc(CNC(C)(C)C)o1. The van der Waals surface area contributed by atoms with Crippen LogP contribution in [0.4, 0.5) is 0 Å². The molecule has 0 amide bonds. The molecule has 0 unspecified atom stereocenters. The Labute approximate surface area is 85.1 Å². The molecule has 80 valence electrons. The summed E-state index contributed by atoms with van der Waals surface area (Å²) >= 11 is 0. The Morgan fingerprint density at radius 2 is 1.86 bits per heavy atom. The lowest BCUT2D eigenvalue weighted by Crippen LogP contribution is -2.35. The maximum Gasteiger partial charge on any atom is 0.230 e. The fraction of sp³-hybridized carbons (Fsp3) is 0.800. The Hall–Kier alpha value is -0.900. The molecule has 0 fully saturated rings. The van der Waals surface area contributed by atoms with Crippen LogP contribution >= 0.6 is 0 Å². The first-order valence-corrected chi connectivity index (χ1v) is 5.07. The van der Waals surface area contributed by atoms with Crippen LogP contribution in [0, 0.1) is 0 Å². The van der Waals surface area contributed by atoms with Crippen molar-refractivity contribution >= 4 is 0 Å². The molecule has 1 heterocycles. The average Bonchev–Trinajstić information content (AvgIpc) is 2.49. The second-order valence-electron chi connectivity index (χ2n) is 4.44. The molecule has 0 saturated heterocycles. The number of hydrogen-bond donors (Lipinski definition) is 1. The first kappa shape index (κ1) is 11.2. The summed E-state index contributed by atoms with van der Waals surface area (Å²) in [5, 5.41) is 11.2. The van der Waals surface area contributed by atoms with Gasteiger partial charge in [-0.25, -0.2) is 0 Å². The Morgan fingerprint density at radius 1 is 1.21 bits per heavy atom. The summed E-state index contributed by atoms with van der Waals surface area (Å²) in [6.45, 7) is 9.06. The third kappa shape index (κ3) is 3.87. The lowest BCUT2D eigenvalue weighted by molar-refractivity contribution is 0.370. The summed E-state index contributed by atoms with van der Waals surface area (Å²) in [7, 11) is 0. The first-order valence-electron chi connectivity index (χ1n) is 5.07. The molecule has 0 saturated carbocycles. The minimum absolute atomic E-state index is 0.0827. The van der Waals surface area contributed by atoms with Gasteiger partial charge in [-0.05, 0) is 27.2 Å². The summed E-state index contributed by atoms with van der Waals surface area (Å²) in [5.74, 6) is 1.40. The Balaban J connectivity index is 2.44. The van der Waals surface area contributed by atoms with E-state index in [-0.39, 0.29) is 5.54 Å². The van der Waals surface area contributed by atoms with Crippen LogP contribution in [0.5, 0.6) is 0 Å². The van der Waals surface area contributed by atoms with Crippen molar-refractivity contribution in [2.24, 2.45) is 0 Å². The van der Waals surface area contributed by atoms with Gasteiger partial charge in [0.05, 0.1) is 6.54 Å². The van der Waals surface area contributed by atoms with Crippen molar-refractivity contribution in [1.29, 1.82) is 0 Å². The predicted molar refractivity (Wildman–Crippen MR) is 54.9 cm³/mol. The summed E-state index contributed by atoms with van der Waals surface area (Å²) in [4.78, 5) is 0. The van der Waals surface area contributed by atoms with E-state index in [1.54, 1.807) is 0 Å². The van der Waals surface area contributed by atoms with Crippen LogP contribution in [0.1, 0.15) is 45.9 Å². The van der Waals surface area contributed by atoms with Gasteiger partial charge in [0.1, 0.15) is 0 Å². The van der Waals surface area contributed by atoms with E-state index in [4.69, 9.17) is 4.42 Å². The second-order valence-corrected chi connectivity index (χ2v) is 4.44. The number of rotatable bonds is 4. The molecule has 14 heavy (non-hydrogen) atoms. The van der Waals surface area contributed by atoms with E-state index in [1.807, 2.05) is 0 Å². The van der Waals surface area contributed by atoms with E-state index < -0.39 is 0 Å². The highest BCUT2D eigenvalue weighted by Crippen LogP contribution is 2.05. The molecular formula is C10H19N3O. The van der Waals surface area contributed by atoms with Crippen LogP contribution in [-0.4, -0.2) is 15.7 Å². The predicted octanol–water partition coefficient (Wildman–Crippen LogP) is 1.91. The Bertz CT molecular complexity index is 275. The standard InChI is InChI=1S/C10H19N3O/c1-5-6-8-12-13-9(14-8)7-11-10(2,3)4/h11H,5-7H2,1-4H3. The van der Waals surface area contributed by atoms with Crippen molar-refractivity contribution in [3.8, 4) is 0 Å². The summed E-state index contributed by atoms with van der Waals surface area (Å²) in [5.41, 5.74) is 0.0827. The molecule has 1 aromatic rings. The van der Waals surface area contributed by atoms with Gasteiger partial charge in [-0.2, -0.15) is 0 Å². The molecule has 0 atom stereocenters. The molecule has 4 heteroatoms. The fourth-order valence-corrected chi connectivity index (χ4v) is 1.02. The van der Waals surface area contributed by atoms with E-state index in [0.717, 1.165) is 18.7 Å². The molecule has 0 aliphatic carbocycles. The van der Waals surface area contributed by atoms with E-state index in [9.17, 15) is 0 Å². The first-order chi connectivity index (χ1) is 6.51. The summed E-state index contributed by atoms with van der Waals surface area (Å²) < 4.78 is 5.43. The third-order valence-electron chi connectivity index (χ3n) is 1.74. The van der Waals surface area contributed by atoms with Crippen LogP contribution in [0.15, 0.2) is 4.42 Å². The molecule has 0 aromatic carbocycles. The normalized spacial score (nSPS) is 12.0. The van der Waals surface area contributed by atoms with Gasteiger partial charge >= 0.3 is 0 Å². The summed E-state index contributed by atoms with van der Waals surface area (Å²) in [6, 6.07) is 0. The zero-order valence-corrected chi connectivity index (χ0v) is 9.42. The highest BCUT2D eigenvalue weighted by molar-refractivity contribution is 4.83. The van der Waals surface area contributed by atoms with E-state index in [0.29, 0.717) is 12.4 Å². The topological polar surface area (TPSA) is 51.0 Å². The van der Waals surface area contributed by atoms with Crippen molar-refractivity contribution in [2.45, 2.75) is 52.6 Å². The smallest absolute Gasteiger partial charge is 0.230 e. The van der Waals surface area contributed by atoms with Crippen LogP contribution < -0.4 is 5.32 Å². The van der Waals surface area contributed by atoms with Crippen molar-refractivity contribution in [3.63, 3.8) is 0 Å². The molecule has 0 aliphatic rings. The minimum Gasteiger partial charge on any atom is -0.424 e. The molecule has 0 bridgehead atoms. The van der Waals surface area contributed by atoms with Crippen molar-refractivity contribution in [1.82, 2.24) is 15.5 Å². The highest BCUT2D eigenvalue weighted by atomic mass is 16.4. The van der Waals surface area contributed by atoms with Gasteiger partial charge < -0.3 is 9.73 Å². The lowest BCUT2D eigenvalue weighted by atomic mass is 10.1. The van der Waals surface area contributed by atoms with E-state index in [2.05, 4.69) is 43.2 Å². The average molecular weight is 197 g/mol. The Morgan fingerprint density at radius 3 is 2.43 bits per heavy atom. The third-order valence-corrected chi connectivity index (χ3v) is 1.74. The Kier molecular flexibility index (Phi) is 3.63. The molecule has 1 rings (SSSR count). The van der Waals surface area contributed by atoms with Crippen LogP contribution in [-0.2, 0) is 13.0 Å². The molecular weight excluding hydrogens is 178 g/mol. The van der Waals surface area contributed by atoms with Gasteiger partial charge in [-0.15, -0.1) is 10.2 Å². The van der Waals surface area contributed by atoms with Gasteiger partial charge in [0.2, 0.25) is 11.8 Å². The van der Waals surface area contributed by atoms with E-state index >= 15 is 0 Å². The number of hydrogen-bond acceptors (Lipinski definition) is 4. The minimum atomic E-state index is 0.0827. The zero-order chi connectivity index (χ0) is 10.6. The summed E-state index contributed by atoms with van der Waals surface area (Å²) in [6.07, 6.45) is 1.90. The number of aryl methyl sites for hydroxylation is 1. The van der Waals surface area contributed by atoms with Gasteiger partial charge in [0.25, 0.3) is 0 Å². The van der Waals surface area contributed by atoms with E-state index in [1.165, 1.54) is 0 Å². The number of aromatic nitrogens is 2. The molecule has 0 spiro atoms. The monoisotopic (exact) mass is 197 g/mol. The largest absolute Gasteiger partial charge is 0.424 e. The van der Waals surface area contributed by atoms with Gasteiger partial charge in [0, 0.05) is 12.0 Å². The van der Waals surface area contributed by atoms with Crippen molar-refractivity contribution in [2.75, 3.05) is 0 Å². The quantitative estimate of drug-likeness (QED) is 0.801. The van der Waals surface area contributed by atoms with Crippen LogP contribution in [0.3, 0.4) is 0 Å².